The Labute approximate surface area is 93.8 Å². The highest BCUT2D eigenvalue weighted by Gasteiger charge is 2.51. The molecule has 84 valence electrons. The lowest BCUT2D eigenvalue weighted by molar-refractivity contribution is -0.170. The first kappa shape index (κ1) is 10.7. The Morgan fingerprint density at radius 2 is 1.94 bits per heavy atom. The molecule has 0 aromatic heterocycles. The van der Waals surface area contributed by atoms with E-state index in [1.54, 1.807) is 11.9 Å². The van der Waals surface area contributed by atoms with Gasteiger partial charge in [0.05, 0.1) is 13.2 Å². The van der Waals surface area contributed by atoms with Crippen LogP contribution in [-0.4, -0.2) is 30.9 Å². The molecule has 1 aromatic carbocycles. The van der Waals surface area contributed by atoms with Crippen LogP contribution in [0.2, 0.25) is 0 Å². The third kappa shape index (κ3) is 1.46. The first-order valence-electron chi connectivity index (χ1n) is 5.06. The molecule has 1 aromatic rings. The molecule has 0 bridgehead atoms. The second kappa shape index (κ2) is 3.96. The molecule has 0 unspecified atom stereocenters. The van der Waals surface area contributed by atoms with Crippen LogP contribution in [0.15, 0.2) is 30.3 Å². The quantitative estimate of drug-likeness (QED) is 0.423. The summed E-state index contributed by atoms with van der Waals surface area (Å²) in [6.45, 7) is 0. The number of amides is 1. The standard InChI is InChI=1S/C12H13NO3/c1-13-10(8-6-4-3-5-7-8)9(11(13)14)12(15)16-2/h3-7,9-10H,1-2H3/t9-,10-/m0/s1. The number of esters is 1. The lowest BCUT2D eigenvalue weighted by atomic mass is 9.83. The predicted octanol–water partition coefficient (Wildman–Crippen LogP) is 0.989. The second-order valence-corrected chi connectivity index (χ2v) is 3.81. The lowest BCUT2D eigenvalue weighted by Crippen LogP contribution is -2.56. The minimum atomic E-state index is -0.683. The first-order chi connectivity index (χ1) is 7.66. The number of nitrogens with zero attached hydrogens (tertiary/aromatic N) is 1. The molecule has 0 saturated carbocycles. The van der Waals surface area contributed by atoms with Gasteiger partial charge in [-0.15, -0.1) is 0 Å². The van der Waals surface area contributed by atoms with E-state index in [0.29, 0.717) is 0 Å². The number of ether oxygens (including phenoxy) is 1. The van der Waals surface area contributed by atoms with E-state index >= 15 is 0 Å². The van der Waals surface area contributed by atoms with Gasteiger partial charge in [0.1, 0.15) is 0 Å². The van der Waals surface area contributed by atoms with Crippen LogP contribution >= 0.6 is 0 Å². The van der Waals surface area contributed by atoms with E-state index in [-0.39, 0.29) is 11.9 Å². The average molecular weight is 219 g/mol. The van der Waals surface area contributed by atoms with Gasteiger partial charge < -0.3 is 9.64 Å². The van der Waals surface area contributed by atoms with E-state index in [2.05, 4.69) is 4.74 Å². The Morgan fingerprint density at radius 3 is 2.50 bits per heavy atom. The van der Waals surface area contributed by atoms with Crippen LogP contribution in [-0.2, 0) is 14.3 Å². The van der Waals surface area contributed by atoms with Gasteiger partial charge in [-0.25, -0.2) is 0 Å². The molecule has 1 amide bonds. The predicted molar refractivity (Wildman–Crippen MR) is 57.5 cm³/mol. The van der Waals surface area contributed by atoms with Crippen molar-refractivity contribution in [3.63, 3.8) is 0 Å². The van der Waals surface area contributed by atoms with Crippen molar-refractivity contribution in [2.24, 2.45) is 5.92 Å². The van der Waals surface area contributed by atoms with E-state index in [1.807, 2.05) is 30.3 Å². The number of benzene rings is 1. The van der Waals surface area contributed by atoms with E-state index < -0.39 is 11.9 Å². The number of methoxy groups -OCH3 is 1. The molecule has 0 radical (unpaired) electrons. The van der Waals surface area contributed by atoms with Gasteiger partial charge in [-0.3, -0.25) is 9.59 Å². The molecule has 16 heavy (non-hydrogen) atoms. The SMILES string of the molecule is COC(=O)[C@@H]1C(=O)N(C)[C@H]1c1ccccc1. The van der Waals surface area contributed by atoms with Crippen molar-refractivity contribution in [2.45, 2.75) is 6.04 Å². The Bertz CT molecular complexity index is 408. The minimum Gasteiger partial charge on any atom is -0.468 e. The summed E-state index contributed by atoms with van der Waals surface area (Å²) in [4.78, 5) is 24.6. The highest BCUT2D eigenvalue weighted by atomic mass is 16.5. The van der Waals surface area contributed by atoms with Gasteiger partial charge in [-0.2, -0.15) is 0 Å². The van der Waals surface area contributed by atoms with Crippen molar-refractivity contribution in [3.05, 3.63) is 35.9 Å². The molecule has 0 N–H and O–H groups in total. The Balaban J connectivity index is 2.27. The minimum absolute atomic E-state index is 0.180. The summed E-state index contributed by atoms with van der Waals surface area (Å²) < 4.78 is 4.64. The summed E-state index contributed by atoms with van der Waals surface area (Å²) in [5.41, 5.74) is 0.958. The Kier molecular flexibility index (Phi) is 2.64. The maximum atomic E-state index is 11.6. The summed E-state index contributed by atoms with van der Waals surface area (Å²) >= 11 is 0. The Hall–Kier alpha value is -1.84. The van der Waals surface area contributed by atoms with Crippen molar-refractivity contribution >= 4 is 11.9 Å². The topological polar surface area (TPSA) is 46.6 Å². The van der Waals surface area contributed by atoms with E-state index in [0.717, 1.165) is 5.56 Å². The van der Waals surface area contributed by atoms with Gasteiger partial charge in [0, 0.05) is 7.05 Å². The zero-order valence-electron chi connectivity index (χ0n) is 9.21. The fourth-order valence-corrected chi connectivity index (χ4v) is 2.06. The average Bonchev–Trinajstić information content (AvgIpc) is 2.34. The van der Waals surface area contributed by atoms with Gasteiger partial charge in [0.25, 0.3) is 0 Å². The molecule has 1 aliphatic rings. The fourth-order valence-electron chi connectivity index (χ4n) is 2.06. The largest absolute Gasteiger partial charge is 0.468 e. The first-order valence-corrected chi connectivity index (χ1v) is 5.06. The Morgan fingerprint density at radius 1 is 1.31 bits per heavy atom. The van der Waals surface area contributed by atoms with Crippen LogP contribution < -0.4 is 0 Å². The van der Waals surface area contributed by atoms with Crippen LogP contribution in [0.1, 0.15) is 11.6 Å². The number of hydrogen-bond donors (Lipinski definition) is 0. The third-order valence-electron chi connectivity index (χ3n) is 2.94. The molecule has 1 heterocycles. The molecule has 4 heteroatoms. The van der Waals surface area contributed by atoms with Gasteiger partial charge in [-0.05, 0) is 5.56 Å². The molecule has 1 aliphatic heterocycles. The summed E-state index contributed by atoms with van der Waals surface area (Å²) in [6, 6.07) is 9.30. The zero-order valence-corrected chi connectivity index (χ0v) is 9.21. The van der Waals surface area contributed by atoms with E-state index in [4.69, 9.17) is 0 Å². The number of rotatable bonds is 2. The molecular formula is C12H13NO3. The molecule has 4 nitrogen and oxygen atoms in total. The van der Waals surface area contributed by atoms with Crippen LogP contribution in [0.3, 0.4) is 0 Å². The van der Waals surface area contributed by atoms with E-state index in [9.17, 15) is 9.59 Å². The van der Waals surface area contributed by atoms with Gasteiger partial charge >= 0.3 is 5.97 Å². The van der Waals surface area contributed by atoms with Gasteiger partial charge in [-0.1, -0.05) is 30.3 Å². The highest BCUT2D eigenvalue weighted by molar-refractivity contribution is 6.03. The number of likely N-dealkylation sites (tertiary alicyclic amines) is 1. The maximum Gasteiger partial charge on any atom is 0.320 e. The zero-order chi connectivity index (χ0) is 11.7. The smallest absolute Gasteiger partial charge is 0.320 e. The molecular weight excluding hydrogens is 206 g/mol. The number of hydrogen-bond acceptors (Lipinski definition) is 3. The van der Waals surface area contributed by atoms with Gasteiger partial charge in [0.2, 0.25) is 5.91 Å². The molecule has 1 saturated heterocycles. The number of carbonyl (C=O) groups excluding carboxylic acids is 2. The summed E-state index contributed by atoms with van der Waals surface area (Å²) in [6.07, 6.45) is 0. The van der Waals surface area contributed by atoms with Crippen LogP contribution in [0, 0.1) is 5.92 Å². The molecule has 2 rings (SSSR count). The van der Waals surface area contributed by atoms with E-state index in [1.165, 1.54) is 7.11 Å². The number of carbonyl (C=O) groups is 2. The molecule has 2 atom stereocenters. The molecule has 0 spiro atoms. The molecule has 1 fully saturated rings. The van der Waals surface area contributed by atoms with Crippen molar-refractivity contribution in [1.29, 1.82) is 0 Å². The van der Waals surface area contributed by atoms with Crippen molar-refractivity contribution in [2.75, 3.05) is 14.2 Å². The number of β-lactam (4-membered cyclic amide) rings is 1. The summed E-state index contributed by atoms with van der Waals surface area (Å²) in [5, 5.41) is 0. The van der Waals surface area contributed by atoms with Crippen molar-refractivity contribution < 1.29 is 14.3 Å². The fraction of sp³-hybridized carbons (Fsp3) is 0.333. The highest BCUT2D eigenvalue weighted by Crippen LogP contribution is 2.39. The second-order valence-electron chi connectivity index (χ2n) is 3.81. The van der Waals surface area contributed by atoms with Crippen LogP contribution in [0.5, 0.6) is 0 Å². The van der Waals surface area contributed by atoms with Crippen LogP contribution in [0.4, 0.5) is 0 Å². The lowest BCUT2D eigenvalue weighted by Gasteiger charge is -2.43. The molecule has 0 aliphatic carbocycles. The third-order valence-corrected chi connectivity index (χ3v) is 2.94. The van der Waals surface area contributed by atoms with Crippen LogP contribution in [0.25, 0.3) is 0 Å². The summed E-state index contributed by atoms with van der Waals surface area (Å²) in [5.74, 6) is -1.32. The summed E-state index contributed by atoms with van der Waals surface area (Å²) in [7, 11) is 3.00. The monoisotopic (exact) mass is 219 g/mol. The van der Waals surface area contributed by atoms with Crippen molar-refractivity contribution in [3.8, 4) is 0 Å². The maximum absolute atomic E-state index is 11.6. The normalized spacial score (nSPS) is 23.9. The van der Waals surface area contributed by atoms with Gasteiger partial charge in [0.15, 0.2) is 5.92 Å². The van der Waals surface area contributed by atoms with Crippen molar-refractivity contribution in [1.82, 2.24) is 4.90 Å².